The molecule has 1 amide bonds. The lowest BCUT2D eigenvalue weighted by molar-refractivity contribution is -0.117. The summed E-state index contributed by atoms with van der Waals surface area (Å²) < 4.78 is 1.04. The number of piperidine rings is 1. The molecule has 7 nitrogen and oxygen atoms in total. The van der Waals surface area contributed by atoms with Gasteiger partial charge < -0.3 is 10.2 Å². The lowest BCUT2D eigenvalue weighted by Crippen LogP contribution is -2.32. The minimum atomic E-state index is -0.545. The number of carbonyl (C=O) groups is 1. The van der Waals surface area contributed by atoms with Gasteiger partial charge in [0, 0.05) is 24.5 Å². The highest BCUT2D eigenvalue weighted by molar-refractivity contribution is 5.90. The Hall–Kier alpha value is -3.14. The SMILES string of the molecule is Cc1nn(CC(=O)Nc2ccc(N3CCCCC3)cc2)c(=O)c(C#N)c1C. The highest BCUT2D eigenvalue weighted by atomic mass is 16.2. The maximum absolute atomic E-state index is 12.3. The quantitative estimate of drug-likeness (QED) is 0.898. The molecule has 1 aromatic carbocycles. The molecular weight excluding hydrogens is 342 g/mol. The van der Waals surface area contributed by atoms with E-state index in [2.05, 4.69) is 15.3 Å². The van der Waals surface area contributed by atoms with Gasteiger partial charge in [0.25, 0.3) is 5.56 Å². The van der Waals surface area contributed by atoms with Crippen LogP contribution in [0.15, 0.2) is 29.1 Å². The van der Waals surface area contributed by atoms with Crippen molar-refractivity contribution in [3.63, 3.8) is 0 Å². The van der Waals surface area contributed by atoms with Crippen molar-refractivity contribution in [2.45, 2.75) is 39.7 Å². The number of carbonyl (C=O) groups excluding carboxylic acids is 1. The van der Waals surface area contributed by atoms with Crippen molar-refractivity contribution in [3.8, 4) is 6.07 Å². The molecule has 2 aromatic rings. The predicted octanol–water partition coefficient (Wildman–Crippen LogP) is 2.36. The van der Waals surface area contributed by atoms with E-state index < -0.39 is 5.56 Å². The van der Waals surface area contributed by atoms with Crippen LogP contribution in [0.1, 0.15) is 36.1 Å². The fourth-order valence-corrected chi connectivity index (χ4v) is 3.25. The molecule has 3 rings (SSSR count). The molecule has 1 N–H and O–H groups in total. The maximum atomic E-state index is 12.3. The van der Waals surface area contributed by atoms with Crippen molar-refractivity contribution in [2.75, 3.05) is 23.3 Å². The van der Waals surface area contributed by atoms with Crippen LogP contribution in [0.3, 0.4) is 0 Å². The molecule has 0 radical (unpaired) electrons. The molecule has 1 fully saturated rings. The number of hydrogen-bond donors (Lipinski definition) is 1. The predicted molar refractivity (Wildman–Crippen MR) is 104 cm³/mol. The van der Waals surface area contributed by atoms with Crippen molar-refractivity contribution in [2.24, 2.45) is 0 Å². The van der Waals surface area contributed by atoms with Crippen LogP contribution in [0.4, 0.5) is 11.4 Å². The summed E-state index contributed by atoms with van der Waals surface area (Å²) >= 11 is 0. The summed E-state index contributed by atoms with van der Waals surface area (Å²) in [5.74, 6) is -0.359. The first-order valence-electron chi connectivity index (χ1n) is 9.13. The van der Waals surface area contributed by atoms with E-state index in [0.29, 0.717) is 16.9 Å². The second-order valence-corrected chi connectivity index (χ2v) is 6.80. The molecule has 7 heteroatoms. The average molecular weight is 365 g/mol. The fourth-order valence-electron chi connectivity index (χ4n) is 3.25. The van der Waals surface area contributed by atoms with Crippen LogP contribution in [-0.2, 0) is 11.3 Å². The summed E-state index contributed by atoms with van der Waals surface area (Å²) in [6, 6.07) is 9.61. The van der Waals surface area contributed by atoms with Crippen LogP contribution in [0.5, 0.6) is 0 Å². The molecule has 1 aromatic heterocycles. The normalized spacial score (nSPS) is 13.9. The Balaban J connectivity index is 1.69. The van der Waals surface area contributed by atoms with Crippen LogP contribution in [0.2, 0.25) is 0 Å². The van der Waals surface area contributed by atoms with E-state index in [0.717, 1.165) is 23.5 Å². The van der Waals surface area contributed by atoms with Gasteiger partial charge in [-0.3, -0.25) is 9.59 Å². The molecule has 1 aliphatic rings. The third kappa shape index (κ3) is 4.17. The summed E-state index contributed by atoms with van der Waals surface area (Å²) in [4.78, 5) is 26.9. The zero-order valence-electron chi connectivity index (χ0n) is 15.7. The van der Waals surface area contributed by atoms with Gasteiger partial charge in [0.05, 0.1) is 5.69 Å². The smallest absolute Gasteiger partial charge is 0.285 e. The number of nitrogens with zero attached hydrogens (tertiary/aromatic N) is 4. The van der Waals surface area contributed by atoms with Gasteiger partial charge in [-0.2, -0.15) is 10.4 Å². The van der Waals surface area contributed by atoms with Crippen LogP contribution in [0.25, 0.3) is 0 Å². The van der Waals surface area contributed by atoms with Gasteiger partial charge in [0.2, 0.25) is 5.91 Å². The summed E-state index contributed by atoms with van der Waals surface area (Å²) in [5.41, 5.74) is 2.41. The number of rotatable bonds is 4. The molecule has 0 unspecified atom stereocenters. The van der Waals surface area contributed by atoms with E-state index in [9.17, 15) is 9.59 Å². The van der Waals surface area contributed by atoms with Gasteiger partial charge in [0.1, 0.15) is 18.2 Å². The summed E-state index contributed by atoms with van der Waals surface area (Å²) in [5, 5.41) is 16.1. The van der Waals surface area contributed by atoms with E-state index in [1.54, 1.807) is 13.8 Å². The summed E-state index contributed by atoms with van der Waals surface area (Å²) in [6.45, 7) is 5.28. The molecule has 2 heterocycles. The Bertz CT molecular complexity index is 935. The number of aryl methyl sites for hydroxylation is 1. The van der Waals surface area contributed by atoms with Crippen molar-refractivity contribution in [1.82, 2.24) is 9.78 Å². The second-order valence-electron chi connectivity index (χ2n) is 6.80. The first kappa shape index (κ1) is 18.6. The Kier molecular flexibility index (Phi) is 5.55. The average Bonchev–Trinajstić information content (AvgIpc) is 2.68. The van der Waals surface area contributed by atoms with Gasteiger partial charge >= 0.3 is 0 Å². The molecule has 1 saturated heterocycles. The van der Waals surface area contributed by atoms with E-state index in [1.165, 1.54) is 19.3 Å². The van der Waals surface area contributed by atoms with Crippen LogP contribution in [0, 0.1) is 25.2 Å². The molecule has 140 valence electrons. The minimum absolute atomic E-state index is 0.0289. The van der Waals surface area contributed by atoms with Crippen molar-refractivity contribution < 1.29 is 4.79 Å². The van der Waals surface area contributed by atoms with Gasteiger partial charge in [-0.1, -0.05) is 0 Å². The molecule has 27 heavy (non-hydrogen) atoms. The highest BCUT2D eigenvalue weighted by Crippen LogP contribution is 2.21. The maximum Gasteiger partial charge on any atom is 0.285 e. The zero-order chi connectivity index (χ0) is 19.4. The van der Waals surface area contributed by atoms with Gasteiger partial charge in [-0.15, -0.1) is 0 Å². The van der Waals surface area contributed by atoms with E-state index in [4.69, 9.17) is 5.26 Å². The largest absolute Gasteiger partial charge is 0.372 e. The molecule has 0 spiro atoms. The van der Waals surface area contributed by atoms with Gasteiger partial charge in [0.15, 0.2) is 0 Å². The number of amides is 1. The lowest BCUT2D eigenvalue weighted by Gasteiger charge is -2.28. The van der Waals surface area contributed by atoms with E-state index >= 15 is 0 Å². The number of hydrogen-bond acceptors (Lipinski definition) is 5. The number of benzene rings is 1. The Morgan fingerprint density at radius 3 is 2.48 bits per heavy atom. The fraction of sp³-hybridized carbons (Fsp3) is 0.400. The Labute approximate surface area is 158 Å². The minimum Gasteiger partial charge on any atom is -0.372 e. The third-order valence-electron chi connectivity index (χ3n) is 4.91. The van der Waals surface area contributed by atoms with Gasteiger partial charge in [-0.05, 0) is 62.9 Å². The standard InChI is InChI=1S/C20H23N5O2/c1-14-15(2)23-25(20(27)18(14)12-21)13-19(26)22-16-6-8-17(9-7-16)24-10-4-3-5-11-24/h6-9H,3-5,10-11,13H2,1-2H3,(H,22,26). The first-order valence-corrected chi connectivity index (χ1v) is 9.13. The molecule has 0 saturated carbocycles. The van der Waals surface area contributed by atoms with Crippen molar-refractivity contribution in [3.05, 3.63) is 51.4 Å². The molecule has 1 aliphatic heterocycles. The zero-order valence-corrected chi connectivity index (χ0v) is 15.7. The number of anilines is 2. The van der Waals surface area contributed by atoms with Gasteiger partial charge in [-0.25, -0.2) is 4.68 Å². The molecule has 0 atom stereocenters. The highest BCUT2D eigenvalue weighted by Gasteiger charge is 2.14. The van der Waals surface area contributed by atoms with E-state index in [1.807, 2.05) is 30.3 Å². The number of nitriles is 1. The van der Waals surface area contributed by atoms with Crippen molar-refractivity contribution in [1.29, 1.82) is 5.26 Å². The third-order valence-corrected chi connectivity index (χ3v) is 4.91. The first-order chi connectivity index (χ1) is 13.0. The van der Waals surface area contributed by atoms with Crippen LogP contribution < -0.4 is 15.8 Å². The molecular formula is C20H23N5O2. The Morgan fingerprint density at radius 1 is 1.19 bits per heavy atom. The lowest BCUT2D eigenvalue weighted by atomic mass is 10.1. The molecule has 0 aliphatic carbocycles. The van der Waals surface area contributed by atoms with Crippen LogP contribution >= 0.6 is 0 Å². The summed E-state index contributed by atoms with van der Waals surface area (Å²) in [6.07, 6.45) is 3.70. The Morgan fingerprint density at radius 2 is 1.85 bits per heavy atom. The summed E-state index contributed by atoms with van der Waals surface area (Å²) in [7, 11) is 0. The van der Waals surface area contributed by atoms with Crippen LogP contribution in [-0.4, -0.2) is 28.8 Å². The monoisotopic (exact) mass is 365 g/mol. The number of nitrogens with one attached hydrogen (secondary N) is 1. The van der Waals surface area contributed by atoms with E-state index in [-0.39, 0.29) is 18.0 Å². The van der Waals surface area contributed by atoms with Crippen molar-refractivity contribution >= 4 is 17.3 Å². The number of aromatic nitrogens is 2. The second kappa shape index (κ2) is 8.04. The topological polar surface area (TPSA) is 91.0 Å². The molecule has 0 bridgehead atoms.